The number of hydrogen-bond acceptors (Lipinski definition) is 2. The number of piperidine rings is 2. The molecule has 1 amide bonds. The molecule has 20 heavy (non-hydrogen) atoms. The van der Waals surface area contributed by atoms with Gasteiger partial charge in [0.05, 0.1) is 0 Å². The molecule has 0 radical (unpaired) electrons. The highest BCUT2D eigenvalue weighted by molar-refractivity contribution is 5.65. The molecule has 0 bridgehead atoms. The van der Waals surface area contributed by atoms with E-state index in [1.54, 1.807) is 4.90 Å². The predicted octanol–water partition coefficient (Wildman–Crippen LogP) is 3.28. The molecule has 0 spiro atoms. The fourth-order valence-electron chi connectivity index (χ4n) is 3.84. The Labute approximate surface area is 123 Å². The molecule has 2 fully saturated rings. The van der Waals surface area contributed by atoms with Crippen LogP contribution < -0.4 is 0 Å². The molecule has 2 unspecified atom stereocenters. The van der Waals surface area contributed by atoms with E-state index in [1.807, 2.05) is 0 Å². The number of carboxylic acid groups (broad SMARTS) is 1. The van der Waals surface area contributed by atoms with E-state index in [4.69, 9.17) is 5.11 Å². The van der Waals surface area contributed by atoms with Crippen molar-refractivity contribution >= 4 is 6.09 Å². The third-order valence-corrected chi connectivity index (χ3v) is 5.11. The van der Waals surface area contributed by atoms with E-state index in [2.05, 4.69) is 32.6 Å². The maximum absolute atomic E-state index is 11.0. The first kappa shape index (κ1) is 15.6. The first-order chi connectivity index (χ1) is 9.29. The van der Waals surface area contributed by atoms with E-state index < -0.39 is 6.09 Å². The van der Waals surface area contributed by atoms with Crippen LogP contribution >= 0.6 is 0 Å². The van der Waals surface area contributed by atoms with Crippen LogP contribution in [0.5, 0.6) is 0 Å². The van der Waals surface area contributed by atoms with E-state index in [0.717, 1.165) is 18.8 Å². The number of rotatable bonds is 1. The summed E-state index contributed by atoms with van der Waals surface area (Å²) in [7, 11) is 0. The second kappa shape index (κ2) is 5.92. The Morgan fingerprint density at radius 2 is 1.70 bits per heavy atom. The maximum Gasteiger partial charge on any atom is 0.407 e. The number of nitrogens with zero attached hydrogens (tertiary/aromatic N) is 2. The quantitative estimate of drug-likeness (QED) is 0.802. The Kier molecular flexibility index (Phi) is 4.62. The molecule has 2 heterocycles. The van der Waals surface area contributed by atoms with Gasteiger partial charge in [-0.1, -0.05) is 27.7 Å². The number of carbonyl (C=O) groups is 1. The molecule has 0 saturated carbocycles. The molecule has 2 rings (SSSR count). The maximum atomic E-state index is 11.0. The monoisotopic (exact) mass is 282 g/mol. The molecule has 2 atom stereocenters. The lowest BCUT2D eigenvalue weighted by molar-refractivity contribution is -0.00995. The molecule has 2 aliphatic heterocycles. The first-order valence-corrected chi connectivity index (χ1v) is 8.02. The van der Waals surface area contributed by atoms with Crippen molar-refractivity contribution in [2.24, 2.45) is 11.3 Å². The molecule has 116 valence electrons. The number of hydrogen-bond donors (Lipinski definition) is 1. The van der Waals surface area contributed by atoms with Gasteiger partial charge in [-0.25, -0.2) is 4.79 Å². The Bertz CT molecular complexity index is 343. The van der Waals surface area contributed by atoms with Crippen LogP contribution in [-0.2, 0) is 0 Å². The van der Waals surface area contributed by atoms with Crippen molar-refractivity contribution in [3.05, 3.63) is 0 Å². The van der Waals surface area contributed by atoms with Crippen molar-refractivity contribution in [1.29, 1.82) is 0 Å². The van der Waals surface area contributed by atoms with Crippen LogP contribution in [0.3, 0.4) is 0 Å². The zero-order chi connectivity index (χ0) is 14.9. The van der Waals surface area contributed by atoms with Crippen molar-refractivity contribution < 1.29 is 9.90 Å². The summed E-state index contributed by atoms with van der Waals surface area (Å²) in [6.45, 7) is 12.0. The summed E-state index contributed by atoms with van der Waals surface area (Å²) in [5.74, 6) is 0.814. The molecular formula is C16H30N2O2. The summed E-state index contributed by atoms with van der Waals surface area (Å²) in [6, 6.07) is 1.20. The van der Waals surface area contributed by atoms with Gasteiger partial charge >= 0.3 is 6.09 Å². The van der Waals surface area contributed by atoms with Gasteiger partial charge in [0, 0.05) is 25.2 Å². The summed E-state index contributed by atoms with van der Waals surface area (Å²) in [5, 5.41) is 9.06. The fourth-order valence-corrected chi connectivity index (χ4v) is 3.84. The van der Waals surface area contributed by atoms with Crippen LogP contribution in [0.15, 0.2) is 0 Å². The minimum atomic E-state index is -0.761. The molecule has 0 aliphatic carbocycles. The summed E-state index contributed by atoms with van der Waals surface area (Å²) in [4.78, 5) is 15.3. The molecule has 0 aromatic heterocycles. The SMILES string of the molecule is CC1CCN(C2CCN(C(=O)O)CC2)C(C(C)(C)C)C1. The lowest BCUT2D eigenvalue weighted by Crippen LogP contribution is -2.56. The molecule has 0 aromatic carbocycles. The van der Waals surface area contributed by atoms with Crippen LogP contribution in [0.25, 0.3) is 0 Å². The highest BCUT2D eigenvalue weighted by atomic mass is 16.4. The largest absolute Gasteiger partial charge is 0.465 e. The van der Waals surface area contributed by atoms with Gasteiger partial charge in [-0.15, -0.1) is 0 Å². The van der Waals surface area contributed by atoms with Crippen LogP contribution in [0.4, 0.5) is 4.79 Å². The van der Waals surface area contributed by atoms with E-state index in [1.165, 1.54) is 19.4 Å². The van der Waals surface area contributed by atoms with Crippen LogP contribution in [0, 0.1) is 11.3 Å². The van der Waals surface area contributed by atoms with E-state index in [-0.39, 0.29) is 0 Å². The fraction of sp³-hybridized carbons (Fsp3) is 0.938. The second-order valence-electron chi connectivity index (χ2n) is 7.75. The predicted molar refractivity (Wildman–Crippen MR) is 81.0 cm³/mol. The Morgan fingerprint density at radius 1 is 1.10 bits per heavy atom. The average Bonchev–Trinajstić information content (AvgIpc) is 2.38. The Balaban J connectivity index is 2.01. The van der Waals surface area contributed by atoms with Crippen molar-refractivity contribution in [3.63, 3.8) is 0 Å². The van der Waals surface area contributed by atoms with Gasteiger partial charge in [0.2, 0.25) is 0 Å². The van der Waals surface area contributed by atoms with Crippen LogP contribution in [-0.4, -0.2) is 52.7 Å². The van der Waals surface area contributed by atoms with Crippen molar-refractivity contribution in [3.8, 4) is 0 Å². The normalized spacial score (nSPS) is 30.5. The van der Waals surface area contributed by atoms with Crippen molar-refractivity contribution in [2.75, 3.05) is 19.6 Å². The Hall–Kier alpha value is -0.770. The van der Waals surface area contributed by atoms with Gasteiger partial charge in [-0.3, -0.25) is 4.90 Å². The lowest BCUT2D eigenvalue weighted by atomic mass is 9.76. The second-order valence-corrected chi connectivity index (χ2v) is 7.75. The average molecular weight is 282 g/mol. The molecule has 4 nitrogen and oxygen atoms in total. The zero-order valence-electron chi connectivity index (χ0n) is 13.4. The van der Waals surface area contributed by atoms with E-state index in [9.17, 15) is 4.79 Å². The van der Waals surface area contributed by atoms with E-state index in [0.29, 0.717) is 30.6 Å². The molecule has 2 aliphatic rings. The highest BCUT2D eigenvalue weighted by Crippen LogP contribution is 2.37. The molecular weight excluding hydrogens is 252 g/mol. The van der Waals surface area contributed by atoms with Gasteiger partial charge in [0.25, 0.3) is 0 Å². The van der Waals surface area contributed by atoms with Crippen molar-refractivity contribution in [1.82, 2.24) is 9.80 Å². The van der Waals surface area contributed by atoms with Crippen molar-refractivity contribution in [2.45, 2.75) is 65.5 Å². The third-order valence-electron chi connectivity index (χ3n) is 5.11. The molecule has 2 saturated heterocycles. The summed E-state index contributed by atoms with van der Waals surface area (Å²) in [6.07, 6.45) is 3.79. The minimum absolute atomic E-state index is 0.304. The molecule has 0 aromatic rings. The topological polar surface area (TPSA) is 43.8 Å². The van der Waals surface area contributed by atoms with Gasteiger partial charge in [0.1, 0.15) is 0 Å². The zero-order valence-corrected chi connectivity index (χ0v) is 13.4. The van der Waals surface area contributed by atoms with Gasteiger partial charge in [0.15, 0.2) is 0 Å². The number of likely N-dealkylation sites (tertiary alicyclic amines) is 2. The van der Waals surface area contributed by atoms with E-state index >= 15 is 0 Å². The van der Waals surface area contributed by atoms with Gasteiger partial charge in [-0.2, -0.15) is 0 Å². The highest BCUT2D eigenvalue weighted by Gasteiger charge is 2.39. The van der Waals surface area contributed by atoms with Crippen LogP contribution in [0.2, 0.25) is 0 Å². The summed E-state index contributed by atoms with van der Waals surface area (Å²) in [5.41, 5.74) is 0.304. The third kappa shape index (κ3) is 3.46. The minimum Gasteiger partial charge on any atom is -0.465 e. The smallest absolute Gasteiger partial charge is 0.407 e. The summed E-state index contributed by atoms with van der Waals surface area (Å²) < 4.78 is 0. The van der Waals surface area contributed by atoms with Gasteiger partial charge in [-0.05, 0) is 43.6 Å². The lowest BCUT2D eigenvalue weighted by Gasteiger charge is -2.50. The summed E-state index contributed by atoms with van der Waals surface area (Å²) >= 11 is 0. The molecule has 4 heteroatoms. The standard InChI is InChI=1S/C16H30N2O2/c1-12-5-10-18(14(11-12)16(2,3)4)13-6-8-17(9-7-13)15(19)20/h12-14H,5-11H2,1-4H3,(H,19,20). The number of amides is 1. The van der Waals surface area contributed by atoms with Crippen LogP contribution in [0.1, 0.15) is 53.4 Å². The Morgan fingerprint density at radius 3 is 2.20 bits per heavy atom. The van der Waals surface area contributed by atoms with Gasteiger partial charge < -0.3 is 10.0 Å². The molecule has 1 N–H and O–H groups in total. The first-order valence-electron chi connectivity index (χ1n) is 8.02.